The first-order chi connectivity index (χ1) is 13.5. The largest absolute Gasteiger partial charge is 0.350 e. The number of thiophene rings is 1. The van der Waals surface area contributed by atoms with Gasteiger partial charge >= 0.3 is 0 Å². The number of nitrogens with one attached hydrogen (secondary N) is 1. The highest BCUT2D eigenvalue weighted by Gasteiger charge is 2.39. The molecule has 0 aliphatic carbocycles. The highest BCUT2D eigenvalue weighted by molar-refractivity contribution is 7.11. The summed E-state index contributed by atoms with van der Waals surface area (Å²) in [6.07, 6.45) is 3.28. The lowest BCUT2D eigenvalue weighted by Gasteiger charge is -2.15. The van der Waals surface area contributed by atoms with E-state index in [0.29, 0.717) is 16.3 Å². The molecule has 1 aliphatic rings. The maximum atomic E-state index is 13.1. The van der Waals surface area contributed by atoms with Crippen molar-refractivity contribution in [2.45, 2.75) is 13.5 Å². The van der Waals surface area contributed by atoms with Crippen molar-refractivity contribution in [2.24, 2.45) is 0 Å². The number of hydrogen-bond acceptors (Lipinski definition) is 5. The second kappa shape index (κ2) is 7.58. The van der Waals surface area contributed by atoms with Crippen LogP contribution < -0.4 is 5.32 Å². The van der Waals surface area contributed by atoms with Crippen LogP contribution in [0.1, 0.15) is 16.0 Å². The number of aryl methyl sites for hydroxylation is 1. The molecule has 0 radical (unpaired) electrons. The van der Waals surface area contributed by atoms with Gasteiger partial charge in [0.1, 0.15) is 5.70 Å². The lowest BCUT2D eigenvalue weighted by Crippen LogP contribution is -2.31. The van der Waals surface area contributed by atoms with Crippen LogP contribution in [0, 0.1) is 6.92 Å². The first-order valence-electron chi connectivity index (χ1n) is 8.61. The summed E-state index contributed by atoms with van der Waals surface area (Å²) in [5.41, 5.74) is 3.08. The highest BCUT2D eigenvalue weighted by Crippen LogP contribution is 2.34. The van der Waals surface area contributed by atoms with E-state index >= 15 is 0 Å². The molecule has 140 valence electrons. The van der Waals surface area contributed by atoms with E-state index < -0.39 is 0 Å². The molecule has 0 fully saturated rings. The third-order valence-corrected chi connectivity index (χ3v) is 5.76. The summed E-state index contributed by atoms with van der Waals surface area (Å²) in [7, 11) is 0. The van der Waals surface area contributed by atoms with Crippen molar-refractivity contribution < 1.29 is 9.59 Å². The maximum absolute atomic E-state index is 13.1. The van der Waals surface area contributed by atoms with Gasteiger partial charge in [0.05, 0.1) is 12.1 Å². The molecule has 5 nitrogen and oxygen atoms in total. The Balaban J connectivity index is 1.72. The molecule has 1 N–H and O–H groups in total. The summed E-state index contributed by atoms with van der Waals surface area (Å²) in [5.74, 6) is -0.674. The smallest absolute Gasteiger partial charge is 0.278 e. The van der Waals surface area contributed by atoms with Crippen LogP contribution >= 0.6 is 22.9 Å². The predicted octanol–water partition coefficient (Wildman–Crippen LogP) is 4.50. The summed E-state index contributed by atoms with van der Waals surface area (Å²) >= 11 is 7.63. The summed E-state index contributed by atoms with van der Waals surface area (Å²) in [6.45, 7) is 2.10. The molecule has 0 bridgehead atoms. The molecular formula is C21H16ClN3O2S. The molecule has 3 heterocycles. The molecule has 0 unspecified atom stereocenters. The highest BCUT2D eigenvalue weighted by atomic mass is 35.5. The minimum absolute atomic E-state index is 0.189. The topological polar surface area (TPSA) is 62.3 Å². The molecule has 0 saturated heterocycles. The van der Waals surface area contributed by atoms with Crippen molar-refractivity contribution in [3.8, 4) is 0 Å². The second-order valence-electron chi connectivity index (χ2n) is 6.37. The van der Waals surface area contributed by atoms with Gasteiger partial charge in [0, 0.05) is 28.0 Å². The number of carbonyl (C=O) groups excluding carboxylic acids is 2. The van der Waals surface area contributed by atoms with Gasteiger partial charge in [-0.3, -0.25) is 19.5 Å². The molecular weight excluding hydrogens is 394 g/mol. The zero-order valence-electron chi connectivity index (χ0n) is 15.0. The van der Waals surface area contributed by atoms with Crippen LogP contribution in [0.5, 0.6) is 0 Å². The Morgan fingerprint density at radius 3 is 2.57 bits per heavy atom. The molecule has 2 amide bonds. The van der Waals surface area contributed by atoms with Gasteiger partial charge in [-0.15, -0.1) is 11.3 Å². The van der Waals surface area contributed by atoms with Crippen molar-refractivity contribution in [1.82, 2.24) is 9.88 Å². The van der Waals surface area contributed by atoms with Gasteiger partial charge < -0.3 is 5.32 Å². The number of amides is 2. The number of nitrogens with zero attached hydrogens (tertiary/aromatic N) is 2. The number of imide groups is 1. The van der Waals surface area contributed by atoms with Crippen molar-refractivity contribution >= 4 is 46.0 Å². The Labute approximate surface area is 171 Å². The summed E-state index contributed by atoms with van der Waals surface area (Å²) in [4.78, 5) is 32.2. The van der Waals surface area contributed by atoms with Crippen LogP contribution in [-0.4, -0.2) is 21.7 Å². The number of hydrogen-bond donors (Lipinski definition) is 1. The number of aromatic nitrogens is 1. The van der Waals surface area contributed by atoms with Gasteiger partial charge in [0.25, 0.3) is 11.8 Å². The van der Waals surface area contributed by atoms with Crippen LogP contribution in [0.3, 0.4) is 0 Å². The lowest BCUT2D eigenvalue weighted by atomic mass is 10.1. The molecule has 0 atom stereocenters. The Bertz CT molecular complexity index is 1080. The predicted molar refractivity (Wildman–Crippen MR) is 111 cm³/mol. The zero-order valence-corrected chi connectivity index (χ0v) is 16.6. The third kappa shape index (κ3) is 3.44. The monoisotopic (exact) mass is 409 g/mol. The molecule has 1 aromatic carbocycles. The number of rotatable bonds is 5. The van der Waals surface area contributed by atoms with E-state index in [1.165, 1.54) is 16.2 Å². The first kappa shape index (κ1) is 18.4. The SMILES string of the molecule is Cc1ccc(NC2=C(c3cccs3)C(=O)N(Cc3ccncc3)C2=O)cc1Cl. The fourth-order valence-corrected chi connectivity index (χ4v) is 3.92. The van der Waals surface area contributed by atoms with Crippen LogP contribution in [-0.2, 0) is 16.1 Å². The summed E-state index contributed by atoms with van der Waals surface area (Å²) in [6, 6.07) is 12.7. The number of anilines is 1. The minimum Gasteiger partial charge on any atom is -0.350 e. The van der Waals surface area contributed by atoms with Crippen molar-refractivity contribution in [1.29, 1.82) is 0 Å². The molecule has 2 aromatic heterocycles. The fraction of sp³-hybridized carbons (Fsp3) is 0.0952. The Morgan fingerprint density at radius 2 is 1.89 bits per heavy atom. The van der Waals surface area contributed by atoms with Crippen LogP contribution in [0.2, 0.25) is 5.02 Å². The normalized spacial score (nSPS) is 14.1. The Hall–Kier alpha value is -2.96. The van der Waals surface area contributed by atoms with Gasteiger partial charge in [-0.2, -0.15) is 0 Å². The van der Waals surface area contributed by atoms with Gasteiger partial charge in [0.15, 0.2) is 0 Å². The third-order valence-electron chi connectivity index (χ3n) is 4.47. The molecule has 1 aliphatic heterocycles. The van der Waals surface area contributed by atoms with E-state index in [-0.39, 0.29) is 24.1 Å². The van der Waals surface area contributed by atoms with Crippen LogP contribution in [0.4, 0.5) is 5.69 Å². The van der Waals surface area contributed by atoms with Crippen molar-refractivity contribution in [3.63, 3.8) is 0 Å². The second-order valence-corrected chi connectivity index (χ2v) is 7.72. The van der Waals surface area contributed by atoms with Gasteiger partial charge in [-0.05, 0) is 53.8 Å². The number of pyridine rings is 1. The van der Waals surface area contributed by atoms with Crippen molar-refractivity contribution in [3.05, 3.63) is 87.0 Å². The van der Waals surface area contributed by atoms with Crippen LogP contribution in [0.25, 0.3) is 5.57 Å². The first-order valence-corrected chi connectivity index (χ1v) is 9.87. The van der Waals surface area contributed by atoms with E-state index in [1.807, 2.05) is 36.6 Å². The lowest BCUT2D eigenvalue weighted by molar-refractivity contribution is -0.137. The van der Waals surface area contributed by atoms with Crippen LogP contribution in [0.15, 0.2) is 65.9 Å². The van der Waals surface area contributed by atoms with Gasteiger partial charge in [-0.25, -0.2) is 0 Å². The molecule has 3 aromatic rings. The molecule has 7 heteroatoms. The van der Waals surface area contributed by atoms with E-state index in [4.69, 9.17) is 11.6 Å². The van der Waals surface area contributed by atoms with E-state index in [0.717, 1.165) is 16.0 Å². The van der Waals surface area contributed by atoms with E-state index in [2.05, 4.69) is 10.3 Å². The Kier molecular flexibility index (Phi) is 4.98. The number of benzene rings is 1. The average Bonchev–Trinajstić information content (AvgIpc) is 3.29. The van der Waals surface area contributed by atoms with E-state index in [1.54, 1.807) is 30.6 Å². The average molecular weight is 410 g/mol. The van der Waals surface area contributed by atoms with Crippen molar-refractivity contribution in [2.75, 3.05) is 5.32 Å². The maximum Gasteiger partial charge on any atom is 0.278 e. The molecule has 0 spiro atoms. The van der Waals surface area contributed by atoms with Gasteiger partial charge in [0.2, 0.25) is 0 Å². The number of halogens is 1. The fourth-order valence-electron chi connectivity index (χ4n) is 2.97. The number of carbonyl (C=O) groups is 2. The molecule has 4 rings (SSSR count). The Morgan fingerprint density at radius 1 is 1.11 bits per heavy atom. The quantitative estimate of drug-likeness (QED) is 0.630. The standard InChI is InChI=1S/C21H16ClN3O2S/c1-13-4-5-15(11-16(13)22)24-19-18(17-3-2-10-28-17)20(26)25(21(19)27)12-14-6-8-23-9-7-14/h2-11,24H,12H2,1H3. The molecule has 0 saturated carbocycles. The molecule has 28 heavy (non-hydrogen) atoms. The zero-order chi connectivity index (χ0) is 19.7. The van der Waals surface area contributed by atoms with Gasteiger partial charge in [-0.1, -0.05) is 23.7 Å². The summed E-state index contributed by atoms with van der Waals surface area (Å²) in [5, 5.41) is 5.59. The summed E-state index contributed by atoms with van der Waals surface area (Å²) < 4.78 is 0. The minimum atomic E-state index is -0.359. The van der Waals surface area contributed by atoms with E-state index in [9.17, 15) is 9.59 Å².